The highest BCUT2D eigenvalue weighted by molar-refractivity contribution is 7.89. The Balaban J connectivity index is 4.48. The number of rotatable bonds is 7. The molecule has 0 heterocycles. The smallest absolute Gasteiger partial charge is 0.329 e. The molecule has 0 aromatic rings. The zero-order chi connectivity index (χ0) is 14.6. The summed E-state index contributed by atoms with van der Waals surface area (Å²) in [5.41, 5.74) is 4.67. The van der Waals surface area contributed by atoms with Crippen molar-refractivity contribution < 1.29 is 21.6 Å². The van der Waals surface area contributed by atoms with Gasteiger partial charge in [0.2, 0.25) is 10.0 Å². The SMILES string of the molecule is CC(C)C(C)(CN)NS(=O)(=O)CCCC(F)(F)F. The summed E-state index contributed by atoms with van der Waals surface area (Å²) < 4.78 is 61.5. The molecular weight excluding hydrogens is 269 g/mol. The van der Waals surface area contributed by atoms with Crippen molar-refractivity contribution in [1.82, 2.24) is 4.72 Å². The third-order valence-corrected chi connectivity index (χ3v) is 4.56. The largest absolute Gasteiger partial charge is 0.389 e. The van der Waals surface area contributed by atoms with E-state index >= 15 is 0 Å². The summed E-state index contributed by atoms with van der Waals surface area (Å²) in [4.78, 5) is 0. The van der Waals surface area contributed by atoms with Gasteiger partial charge in [-0.15, -0.1) is 0 Å². The summed E-state index contributed by atoms with van der Waals surface area (Å²) in [6.07, 6.45) is -5.88. The van der Waals surface area contributed by atoms with Gasteiger partial charge in [0.05, 0.1) is 5.75 Å². The minimum atomic E-state index is -4.33. The molecule has 0 radical (unpaired) electrons. The number of nitrogens with two attached hydrogens (primary N) is 1. The van der Waals surface area contributed by atoms with Gasteiger partial charge in [-0.3, -0.25) is 0 Å². The minimum absolute atomic E-state index is 0.0557. The first-order valence-corrected chi connectivity index (χ1v) is 7.35. The Morgan fingerprint density at radius 1 is 1.28 bits per heavy atom. The van der Waals surface area contributed by atoms with Gasteiger partial charge in [-0.1, -0.05) is 13.8 Å². The number of hydrogen-bond acceptors (Lipinski definition) is 3. The molecule has 4 nitrogen and oxygen atoms in total. The first-order chi connectivity index (χ1) is 7.92. The molecule has 0 fully saturated rings. The van der Waals surface area contributed by atoms with E-state index in [4.69, 9.17) is 5.73 Å². The molecule has 0 aliphatic heterocycles. The van der Waals surface area contributed by atoms with Crippen LogP contribution in [-0.4, -0.2) is 32.4 Å². The molecule has 0 aliphatic carbocycles. The van der Waals surface area contributed by atoms with Gasteiger partial charge in [0.15, 0.2) is 0 Å². The lowest BCUT2D eigenvalue weighted by Gasteiger charge is -2.33. The summed E-state index contributed by atoms with van der Waals surface area (Å²) in [7, 11) is -3.75. The van der Waals surface area contributed by atoms with Gasteiger partial charge in [-0.25, -0.2) is 13.1 Å². The van der Waals surface area contributed by atoms with E-state index in [2.05, 4.69) is 4.72 Å². The van der Waals surface area contributed by atoms with Crippen LogP contribution >= 0.6 is 0 Å². The lowest BCUT2D eigenvalue weighted by atomic mass is 9.90. The fourth-order valence-corrected chi connectivity index (χ4v) is 2.92. The lowest BCUT2D eigenvalue weighted by Crippen LogP contribution is -2.55. The molecule has 3 N–H and O–H groups in total. The van der Waals surface area contributed by atoms with E-state index in [-0.39, 0.29) is 12.5 Å². The maximum absolute atomic E-state index is 11.9. The normalized spacial score (nSPS) is 16.9. The topological polar surface area (TPSA) is 72.2 Å². The highest BCUT2D eigenvalue weighted by atomic mass is 32.2. The van der Waals surface area contributed by atoms with Crippen LogP contribution in [-0.2, 0) is 10.0 Å². The van der Waals surface area contributed by atoms with Crippen molar-refractivity contribution in [3.05, 3.63) is 0 Å². The second-order valence-corrected chi connectivity index (χ2v) is 6.76. The van der Waals surface area contributed by atoms with Crippen LogP contribution in [0, 0.1) is 5.92 Å². The molecule has 0 aliphatic rings. The Morgan fingerprint density at radius 3 is 2.11 bits per heavy atom. The van der Waals surface area contributed by atoms with Crippen molar-refractivity contribution in [3.8, 4) is 0 Å². The summed E-state index contributed by atoms with van der Waals surface area (Å²) in [5, 5.41) is 0. The van der Waals surface area contributed by atoms with E-state index in [9.17, 15) is 21.6 Å². The van der Waals surface area contributed by atoms with Crippen LogP contribution in [0.2, 0.25) is 0 Å². The highest BCUT2D eigenvalue weighted by Gasteiger charge is 2.32. The average molecular weight is 290 g/mol. The first kappa shape index (κ1) is 17.7. The predicted molar refractivity (Wildman–Crippen MR) is 64.5 cm³/mol. The van der Waals surface area contributed by atoms with Crippen LogP contribution in [0.5, 0.6) is 0 Å². The maximum Gasteiger partial charge on any atom is 0.389 e. The number of alkyl halides is 3. The van der Waals surface area contributed by atoms with E-state index in [0.29, 0.717) is 0 Å². The van der Waals surface area contributed by atoms with Crippen molar-refractivity contribution in [3.63, 3.8) is 0 Å². The molecule has 110 valence electrons. The molecule has 0 aromatic heterocycles. The second kappa shape index (κ2) is 6.21. The zero-order valence-electron chi connectivity index (χ0n) is 10.8. The molecule has 0 aromatic carbocycles. The third kappa shape index (κ3) is 6.55. The number of hydrogen-bond donors (Lipinski definition) is 2. The van der Waals surface area contributed by atoms with Gasteiger partial charge in [0.25, 0.3) is 0 Å². The van der Waals surface area contributed by atoms with Gasteiger partial charge in [0, 0.05) is 18.5 Å². The summed E-state index contributed by atoms with van der Waals surface area (Å²) in [5.74, 6) is -0.602. The second-order valence-electron chi connectivity index (χ2n) is 4.92. The lowest BCUT2D eigenvalue weighted by molar-refractivity contribution is -0.134. The average Bonchev–Trinajstić information content (AvgIpc) is 2.13. The summed E-state index contributed by atoms with van der Waals surface area (Å²) >= 11 is 0. The predicted octanol–water partition coefficient (Wildman–Crippen LogP) is 1.62. The number of halogens is 3. The Bertz CT molecular complexity index is 355. The minimum Gasteiger partial charge on any atom is -0.329 e. The fourth-order valence-electron chi connectivity index (χ4n) is 1.26. The Morgan fingerprint density at radius 2 is 1.78 bits per heavy atom. The van der Waals surface area contributed by atoms with E-state index in [0.717, 1.165) is 0 Å². The Hall–Kier alpha value is -0.340. The highest BCUT2D eigenvalue weighted by Crippen LogP contribution is 2.22. The number of nitrogens with one attached hydrogen (secondary N) is 1. The molecule has 0 saturated carbocycles. The van der Waals surface area contributed by atoms with Gasteiger partial charge in [-0.2, -0.15) is 13.2 Å². The van der Waals surface area contributed by atoms with Crippen LogP contribution in [0.15, 0.2) is 0 Å². The molecule has 8 heteroatoms. The molecule has 0 bridgehead atoms. The van der Waals surface area contributed by atoms with Gasteiger partial charge < -0.3 is 5.73 Å². The van der Waals surface area contributed by atoms with Crippen molar-refractivity contribution in [2.24, 2.45) is 11.7 Å². The molecular formula is C10H21F3N2O2S. The molecule has 0 spiro atoms. The Labute approximate surface area is 106 Å². The summed E-state index contributed by atoms with van der Waals surface area (Å²) in [6, 6.07) is 0. The maximum atomic E-state index is 11.9. The zero-order valence-corrected chi connectivity index (χ0v) is 11.7. The Kier molecular flexibility index (Phi) is 6.09. The van der Waals surface area contributed by atoms with Crippen LogP contribution in [0.4, 0.5) is 13.2 Å². The van der Waals surface area contributed by atoms with E-state index < -0.39 is 40.3 Å². The molecule has 0 saturated heterocycles. The van der Waals surface area contributed by atoms with Crippen LogP contribution in [0.3, 0.4) is 0 Å². The van der Waals surface area contributed by atoms with E-state index in [1.165, 1.54) is 0 Å². The van der Waals surface area contributed by atoms with Crippen molar-refractivity contribution in [2.75, 3.05) is 12.3 Å². The van der Waals surface area contributed by atoms with E-state index in [1.54, 1.807) is 20.8 Å². The third-order valence-electron chi connectivity index (χ3n) is 2.96. The first-order valence-electron chi connectivity index (χ1n) is 5.70. The monoisotopic (exact) mass is 290 g/mol. The molecule has 1 atom stereocenters. The molecule has 0 rings (SSSR count). The van der Waals surface area contributed by atoms with Crippen LogP contribution in [0.25, 0.3) is 0 Å². The summed E-state index contributed by atoms with van der Waals surface area (Å²) in [6.45, 7) is 5.32. The van der Waals surface area contributed by atoms with Crippen LogP contribution in [0.1, 0.15) is 33.6 Å². The molecule has 1 unspecified atom stereocenters. The standard InChI is InChI=1S/C10H21F3N2O2S/c1-8(2)9(3,7-14)15-18(16,17)6-4-5-10(11,12)13/h8,15H,4-7,14H2,1-3H3. The van der Waals surface area contributed by atoms with Gasteiger partial charge >= 0.3 is 6.18 Å². The van der Waals surface area contributed by atoms with E-state index in [1.807, 2.05) is 0 Å². The number of sulfonamides is 1. The molecule has 18 heavy (non-hydrogen) atoms. The fraction of sp³-hybridized carbons (Fsp3) is 1.00. The van der Waals surface area contributed by atoms with Gasteiger partial charge in [-0.05, 0) is 19.3 Å². The van der Waals surface area contributed by atoms with Gasteiger partial charge in [0.1, 0.15) is 0 Å². The molecule has 0 amide bonds. The van der Waals surface area contributed by atoms with Crippen molar-refractivity contribution in [1.29, 1.82) is 0 Å². The van der Waals surface area contributed by atoms with Crippen molar-refractivity contribution >= 4 is 10.0 Å². The van der Waals surface area contributed by atoms with Crippen LogP contribution < -0.4 is 10.5 Å². The van der Waals surface area contributed by atoms with Crippen molar-refractivity contribution in [2.45, 2.75) is 45.3 Å². The quantitative estimate of drug-likeness (QED) is 0.748.